The highest BCUT2D eigenvalue weighted by atomic mass is 16.5. The van der Waals surface area contributed by atoms with Crippen molar-refractivity contribution in [3.05, 3.63) is 35.9 Å². The van der Waals surface area contributed by atoms with E-state index in [0.717, 1.165) is 24.8 Å². The molecule has 3 unspecified atom stereocenters. The van der Waals surface area contributed by atoms with Crippen molar-refractivity contribution in [3.8, 4) is 0 Å². The van der Waals surface area contributed by atoms with Crippen LogP contribution in [0.2, 0.25) is 0 Å². The average molecular weight is 576 g/mol. The standard InChI is InChI=1S/C32H53N3O6/c1-9-22(4)30(34(6)28(37)18-21(2)3)27(40-7)19-29(38)35-17-13-16-25(35)31(41-8)23(5)32(39)33-20-26(36)24-14-11-10-12-15-24/h10-12,14-15,21-23,25-27,30-31,36H,9,13,16-20H2,1-8H3,(H,33,39)/t22-,23+,25-,26+,27?,30?,31?/m0/s1. The Morgan fingerprint density at radius 2 is 1.73 bits per heavy atom. The molecule has 1 aromatic rings. The van der Waals surface area contributed by atoms with Crippen LogP contribution in [-0.2, 0) is 23.9 Å². The number of likely N-dealkylation sites (N-methyl/N-ethyl adjacent to an activating group) is 1. The van der Waals surface area contributed by atoms with Gasteiger partial charge in [-0.05, 0) is 30.2 Å². The van der Waals surface area contributed by atoms with Gasteiger partial charge in [-0.2, -0.15) is 0 Å². The quantitative estimate of drug-likeness (QED) is 0.310. The lowest BCUT2D eigenvalue weighted by molar-refractivity contribution is -0.146. The average Bonchev–Trinajstić information content (AvgIpc) is 3.45. The summed E-state index contributed by atoms with van der Waals surface area (Å²) in [6, 6.07) is 8.70. The van der Waals surface area contributed by atoms with Gasteiger partial charge in [0.2, 0.25) is 17.7 Å². The molecule has 2 N–H and O–H groups in total. The van der Waals surface area contributed by atoms with Gasteiger partial charge >= 0.3 is 0 Å². The third kappa shape index (κ3) is 9.51. The lowest BCUT2D eigenvalue weighted by atomic mass is 9.90. The van der Waals surface area contributed by atoms with Crippen molar-refractivity contribution in [2.45, 2.75) is 97.1 Å². The summed E-state index contributed by atoms with van der Waals surface area (Å²) in [5.74, 6) is -0.399. The van der Waals surface area contributed by atoms with Crippen LogP contribution in [0.3, 0.4) is 0 Å². The summed E-state index contributed by atoms with van der Waals surface area (Å²) in [4.78, 5) is 43.4. The van der Waals surface area contributed by atoms with Gasteiger partial charge < -0.3 is 29.7 Å². The summed E-state index contributed by atoms with van der Waals surface area (Å²) in [5.41, 5.74) is 0.733. The largest absolute Gasteiger partial charge is 0.387 e. The van der Waals surface area contributed by atoms with Gasteiger partial charge in [-0.1, -0.05) is 71.4 Å². The van der Waals surface area contributed by atoms with E-state index in [2.05, 4.69) is 19.2 Å². The lowest BCUT2D eigenvalue weighted by Crippen LogP contribution is -2.53. The first-order valence-electron chi connectivity index (χ1n) is 15.1. The minimum atomic E-state index is -0.812. The molecule has 1 aromatic carbocycles. The topological polar surface area (TPSA) is 108 Å². The Balaban J connectivity index is 2.11. The summed E-state index contributed by atoms with van der Waals surface area (Å²) in [5, 5.41) is 13.3. The van der Waals surface area contributed by atoms with E-state index in [0.29, 0.717) is 13.0 Å². The van der Waals surface area contributed by atoms with E-state index in [1.165, 1.54) is 0 Å². The fourth-order valence-electron chi connectivity index (χ4n) is 5.97. The number of benzene rings is 1. The van der Waals surface area contributed by atoms with Gasteiger partial charge in [-0.3, -0.25) is 14.4 Å². The number of nitrogens with zero attached hydrogens (tertiary/aromatic N) is 2. The van der Waals surface area contributed by atoms with Gasteiger partial charge in [-0.25, -0.2) is 0 Å². The summed E-state index contributed by atoms with van der Waals surface area (Å²) in [6.07, 6.45) is 1.21. The van der Waals surface area contributed by atoms with Crippen molar-refractivity contribution < 1.29 is 29.0 Å². The number of aliphatic hydroxyl groups excluding tert-OH is 1. The molecule has 232 valence electrons. The monoisotopic (exact) mass is 575 g/mol. The first kappa shape index (κ1) is 34.7. The Morgan fingerprint density at radius 3 is 2.29 bits per heavy atom. The third-order valence-corrected chi connectivity index (χ3v) is 8.54. The van der Waals surface area contributed by atoms with Crippen molar-refractivity contribution in [2.24, 2.45) is 17.8 Å². The molecule has 1 aliphatic rings. The number of likely N-dealkylation sites (tertiary alicyclic amines) is 1. The van der Waals surface area contributed by atoms with Crippen molar-refractivity contribution in [2.75, 3.05) is 34.4 Å². The maximum atomic E-state index is 13.7. The molecule has 0 radical (unpaired) electrons. The van der Waals surface area contributed by atoms with Crippen LogP contribution < -0.4 is 5.32 Å². The Kier molecular flexibility index (Phi) is 14.2. The van der Waals surface area contributed by atoms with E-state index in [1.54, 1.807) is 26.0 Å². The fraction of sp³-hybridized carbons (Fsp3) is 0.719. The van der Waals surface area contributed by atoms with E-state index in [4.69, 9.17) is 9.47 Å². The lowest BCUT2D eigenvalue weighted by Gasteiger charge is -2.39. The van der Waals surface area contributed by atoms with Gasteiger partial charge in [0.25, 0.3) is 0 Å². The summed E-state index contributed by atoms with van der Waals surface area (Å²) in [6.45, 7) is 10.7. The minimum absolute atomic E-state index is 0.0514. The predicted octanol–water partition coefficient (Wildman–Crippen LogP) is 3.80. The molecule has 0 saturated carbocycles. The zero-order valence-electron chi connectivity index (χ0n) is 26.3. The van der Waals surface area contributed by atoms with Gasteiger partial charge in [0, 0.05) is 40.8 Å². The summed E-state index contributed by atoms with van der Waals surface area (Å²) < 4.78 is 11.7. The van der Waals surface area contributed by atoms with Crippen LogP contribution >= 0.6 is 0 Å². The number of hydrogen-bond donors (Lipinski definition) is 2. The third-order valence-electron chi connectivity index (χ3n) is 8.54. The highest BCUT2D eigenvalue weighted by Gasteiger charge is 2.42. The molecular weight excluding hydrogens is 522 g/mol. The highest BCUT2D eigenvalue weighted by Crippen LogP contribution is 2.29. The second kappa shape index (κ2) is 16.8. The summed E-state index contributed by atoms with van der Waals surface area (Å²) >= 11 is 0. The molecular formula is C32H53N3O6. The minimum Gasteiger partial charge on any atom is -0.387 e. The summed E-state index contributed by atoms with van der Waals surface area (Å²) in [7, 11) is 4.98. The molecule has 0 aliphatic carbocycles. The molecule has 0 aromatic heterocycles. The van der Waals surface area contributed by atoms with Crippen LogP contribution in [0.25, 0.3) is 0 Å². The molecule has 1 fully saturated rings. The highest BCUT2D eigenvalue weighted by molar-refractivity contribution is 5.80. The SMILES string of the molecule is CC[C@H](C)C(C(CC(=O)N1CCC[C@H]1C(OC)[C@@H](C)C(=O)NC[C@@H](O)c1ccccc1)OC)N(C)C(=O)CC(C)C. The number of ether oxygens (including phenoxy) is 2. The van der Waals surface area contributed by atoms with E-state index < -0.39 is 24.2 Å². The van der Waals surface area contributed by atoms with Crippen molar-refractivity contribution in [3.63, 3.8) is 0 Å². The Hall–Kier alpha value is -2.49. The Labute approximate surface area is 246 Å². The predicted molar refractivity (Wildman–Crippen MR) is 160 cm³/mol. The molecule has 0 spiro atoms. The smallest absolute Gasteiger partial charge is 0.225 e. The zero-order chi connectivity index (χ0) is 30.7. The molecule has 3 amide bonds. The number of aliphatic hydroxyl groups is 1. The molecule has 0 bridgehead atoms. The number of rotatable bonds is 16. The van der Waals surface area contributed by atoms with Crippen LogP contribution in [-0.4, -0.2) is 91.3 Å². The van der Waals surface area contributed by atoms with Crippen molar-refractivity contribution in [1.82, 2.24) is 15.1 Å². The van der Waals surface area contributed by atoms with Crippen molar-refractivity contribution >= 4 is 17.7 Å². The number of methoxy groups -OCH3 is 2. The number of carbonyl (C=O) groups is 3. The maximum absolute atomic E-state index is 13.7. The first-order valence-corrected chi connectivity index (χ1v) is 15.1. The van der Waals surface area contributed by atoms with Gasteiger partial charge in [-0.15, -0.1) is 0 Å². The molecule has 9 heteroatoms. The maximum Gasteiger partial charge on any atom is 0.225 e. The number of nitrogens with one attached hydrogen (secondary N) is 1. The molecule has 1 saturated heterocycles. The zero-order valence-corrected chi connectivity index (χ0v) is 26.3. The Morgan fingerprint density at radius 1 is 1.07 bits per heavy atom. The molecule has 1 heterocycles. The van der Waals surface area contributed by atoms with Crippen LogP contribution in [0.1, 0.15) is 78.4 Å². The second-order valence-electron chi connectivity index (χ2n) is 11.9. The normalized spacial score (nSPS) is 19.8. The number of amides is 3. The van der Waals surface area contributed by atoms with Crippen LogP contribution in [0.4, 0.5) is 0 Å². The first-order chi connectivity index (χ1) is 19.5. The van der Waals surface area contributed by atoms with Gasteiger partial charge in [0.05, 0.1) is 42.7 Å². The van der Waals surface area contributed by atoms with Crippen LogP contribution in [0.15, 0.2) is 30.3 Å². The Bertz CT molecular complexity index is 958. The molecule has 2 rings (SSSR count). The number of hydrogen-bond acceptors (Lipinski definition) is 6. The molecule has 7 atom stereocenters. The van der Waals surface area contributed by atoms with E-state index in [-0.39, 0.29) is 54.6 Å². The van der Waals surface area contributed by atoms with Crippen LogP contribution in [0, 0.1) is 17.8 Å². The van der Waals surface area contributed by atoms with Crippen molar-refractivity contribution in [1.29, 1.82) is 0 Å². The van der Waals surface area contributed by atoms with E-state index >= 15 is 0 Å². The van der Waals surface area contributed by atoms with Crippen LogP contribution in [0.5, 0.6) is 0 Å². The molecule has 41 heavy (non-hydrogen) atoms. The molecule has 9 nitrogen and oxygen atoms in total. The fourth-order valence-corrected chi connectivity index (χ4v) is 5.97. The van der Waals surface area contributed by atoms with Gasteiger partial charge in [0.1, 0.15) is 0 Å². The van der Waals surface area contributed by atoms with E-state index in [1.807, 2.05) is 56.1 Å². The molecule has 1 aliphatic heterocycles. The van der Waals surface area contributed by atoms with E-state index in [9.17, 15) is 19.5 Å². The number of carbonyl (C=O) groups excluding carboxylic acids is 3. The second-order valence-corrected chi connectivity index (χ2v) is 11.9. The van der Waals surface area contributed by atoms with Gasteiger partial charge in [0.15, 0.2) is 0 Å².